The summed E-state index contributed by atoms with van der Waals surface area (Å²) >= 11 is 0. The quantitative estimate of drug-likeness (QED) is 0.695. The van der Waals surface area contributed by atoms with Gasteiger partial charge in [-0.15, -0.1) is 0 Å². The first-order valence-electron chi connectivity index (χ1n) is 7.66. The van der Waals surface area contributed by atoms with E-state index in [0.29, 0.717) is 17.1 Å². The summed E-state index contributed by atoms with van der Waals surface area (Å²) in [5.41, 5.74) is 2.02. The SMILES string of the molecule is COc1ccc(S(=O)(=O)Nc2ccccc2Nc2ccccc2)cc1. The fourth-order valence-corrected chi connectivity index (χ4v) is 3.40. The second kappa shape index (κ2) is 7.27. The summed E-state index contributed by atoms with van der Waals surface area (Å²) in [5.74, 6) is 0.602. The second-order valence-corrected chi connectivity index (χ2v) is 7.00. The molecule has 0 aromatic heterocycles. The zero-order chi connectivity index (χ0) is 17.7. The molecule has 2 N–H and O–H groups in total. The molecular weight excluding hydrogens is 336 g/mol. The largest absolute Gasteiger partial charge is 0.497 e. The van der Waals surface area contributed by atoms with Crippen LogP contribution in [0, 0.1) is 0 Å². The van der Waals surface area contributed by atoms with Crippen LogP contribution in [-0.4, -0.2) is 15.5 Å². The standard InChI is InChI=1S/C19H18N2O3S/c1-24-16-11-13-17(14-12-16)25(22,23)21-19-10-6-5-9-18(19)20-15-7-3-2-4-8-15/h2-14,20-21H,1H3. The third-order valence-corrected chi connectivity index (χ3v) is 4.98. The van der Waals surface area contributed by atoms with Gasteiger partial charge in [0.1, 0.15) is 5.75 Å². The number of hydrogen-bond acceptors (Lipinski definition) is 4. The molecule has 5 nitrogen and oxygen atoms in total. The molecule has 0 aliphatic heterocycles. The van der Waals surface area contributed by atoms with Crippen LogP contribution in [0.25, 0.3) is 0 Å². The van der Waals surface area contributed by atoms with Crippen molar-refractivity contribution >= 4 is 27.1 Å². The Hall–Kier alpha value is -2.99. The van der Waals surface area contributed by atoms with Crippen molar-refractivity contribution in [1.82, 2.24) is 0 Å². The second-order valence-electron chi connectivity index (χ2n) is 5.32. The number of anilines is 3. The predicted molar refractivity (Wildman–Crippen MR) is 100.0 cm³/mol. The van der Waals surface area contributed by atoms with Crippen molar-refractivity contribution in [2.24, 2.45) is 0 Å². The van der Waals surface area contributed by atoms with E-state index in [1.807, 2.05) is 42.5 Å². The number of para-hydroxylation sites is 3. The number of benzene rings is 3. The molecule has 0 saturated carbocycles. The van der Waals surface area contributed by atoms with E-state index in [2.05, 4.69) is 10.0 Å². The van der Waals surface area contributed by atoms with Crippen LogP contribution in [0.5, 0.6) is 5.75 Å². The monoisotopic (exact) mass is 354 g/mol. The molecule has 3 aromatic rings. The number of nitrogens with one attached hydrogen (secondary N) is 2. The predicted octanol–water partition coefficient (Wildman–Crippen LogP) is 4.24. The number of sulfonamides is 1. The van der Waals surface area contributed by atoms with E-state index >= 15 is 0 Å². The highest BCUT2D eigenvalue weighted by atomic mass is 32.2. The van der Waals surface area contributed by atoms with E-state index < -0.39 is 10.0 Å². The molecule has 0 amide bonds. The summed E-state index contributed by atoms with van der Waals surface area (Å²) in [4.78, 5) is 0.169. The van der Waals surface area contributed by atoms with Crippen LogP contribution in [0.2, 0.25) is 0 Å². The first-order valence-corrected chi connectivity index (χ1v) is 9.15. The minimum absolute atomic E-state index is 0.169. The highest BCUT2D eigenvalue weighted by molar-refractivity contribution is 7.92. The molecule has 0 spiro atoms. The Bertz CT molecular complexity index is 940. The zero-order valence-corrected chi connectivity index (χ0v) is 14.5. The Kier molecular flexibility index (Phi) is 4.90. The Morgan fingerprint density at radius 3 is 2.00 bits per heavy atom. The minimum Gasteiger partial charge on any atom is -0.497 e. The van der Waals surface area contributed by atoms with Crippen LogP contribution in [0.1, 0.15) is 0 Å². The van der Waals surface area contributed by atoms with Gasteiger partial charge in [0, 0.05) is 5.69 Å². The summed E-state index contributed by atoms with van der Waals surface area (Å²) < 4.78 is 32.9. The third kappa shape index (κ3) is 4.10. The Balaban J connectivity index is 1.86. The summed E-state index contributed by atoms with van der Waals surface area (Å²) in [5, 5.41) is 3.22. The highest BCUT2D eigenvalue weighted by Crippen LogP contribution is 2.27. The van der Waals surface area contributed by atoms with Gasteiger partial charge in [0.15, 0.2) is 0 Å². The summed E-state index contributed by atoms with van der Waals surface area (Å²) in [6.45, 7) is 0. The van der Waals surface area contributed by atoms with Crippen LogP contribution in [0.3, 0.4) is 0 Å². The lowest BCUT2D eigenvalue weighted by Gasteiger charge is -2.14. The van der Waals surface area contributed by atoms with Crippen molar-refractivity contribution in [1.29, 1.82) is 0 Å². The van der Waals surface area contributed by atoms with Crippen molar-refractivity contribution < 1.29 is 13.2 Å². The van der Waals surface area contributed by atoms with Crippen molar-refractivity contribution in [2.45, 2.75) is 4.90 Å². The lowest BCUT2D eigenvalue weighted by atomic mass is 10.2. The lowest BCUT2D eigenvalue weighted by Crippen LogP contribution is -2.14. The molecule has 0 radical (unpaired) electrons. The molecule has 3 rings (SSSR count). The maximum atomic E-state index is 12.6. The fraction of sp³-hybridized carbons (Fsp3) is 0.0526. The molecule has 3 aromatic carbocycles. The van der Waals surface area contributed by atoms with E-state index in [-0.39, 0.29) is 4.90 Å². The van der Waals surface area contributed by atoms with Gasteiger partial charge in [-0.1, -0.05) is 30.3 Å². The summed E-state index contributed by atoms with van der Waals surface area (Å²) in [6, 6.07) is 23.0. The van der Waals surface area contributed by atoms with Crippen LogP contribution < -0.4 is 14.8 Å². The van der Waals surface area contributed by atoms with Gasteiger partial charge >= 0.3 is 0 Å². The van der Waals surface area contributed by atoms with Crippen molar-refractivity contribution in [3.05, 3.63) is 78.9 Å². The lowest BCUT2D eigenvalue weighted by molar-refractivity contribution is 0.414. The first-order chi connectivity index (χ1) is 12.1. The van der Waals surface area contributed by atoms with Crippen LogP contribution in [-0.2, 0) is 10.0 Å². The van der Waals surface area contributed by atoms with Gasteiger partial charge in [0.05, 0.1) is 23.4 Å². The van der Waals surface area contributed by atoms with Gasteiger partial charge < -0.3 is 10.1 Å². The average Bonchev–Trinajstić information content (AvgIpc) is 2.64. The minimum atomic E-state index is -3.70. The molecule has 0 heterocycles. The van der Waals surface area contributed by atoms with Gasteiger partial charge in [-0.3, -0.25) is 4.72 Å². The molecule has 0 unspecified atom stereocenters. The first kappa shape index (κ1) is 16.9. The molecule has 0 aliphatic rings. The average molecular weight is 354 g/mol. The molecule has 128 valence electrons. The van der Waals surface area contributed by atoms with Crippen LogP contribution >= 0.6 is 0 Å². The van der Waals surface area contributed by atoms with E-state index in [1.54, 1.807) is 24.3 Å². The smallest absolute Gasteiger partial charge is 0.261 e. The number of rotatable bonds is 6. The molecule has 0 aliphatic carbocycles. The van der Waals surface area contributed by atoms with Crippen LogP contribution in [0.4, 0.5) is 17.1 Å². The molecule has 0 bridgehead atoms. The van der Waals surface area contributed by atoms with Gasteiger partial charge in [0.2, 0.25) is 0 Å². The third-order valence-electron chi connectivity index (χ3n) is 3.59. The number of ether oxygens (including phenoxy) is 1. The molecule has 25 heavy (non-hydrogen) atoms. The maximum absolute atomic E-state index is 12.6. The fourth-order valence-electron chi connectivity index (χ4n) is 2.32. The van der Waals surface area contributed by atoms with Crippen molar-refractivity contribution in [3.63, 3.8) is 0 Å². The molecule has 0 atom stereocenters. The van der Waals surface area contributed by atoms with Gasteiger partial charge in [0.25, 0.3) is 10.0 Å². The maximum Gasteiger partial charge on any atom is 0.261 e. The van der Waals surface area contributed by atoms with E-state index in [0.717, 1.165) is 5.69 Å². The van der Waals surface area contributed by atoms with Crippen LogP contribution in [0.15, 0.2) is 83.8 Å². The van der Waals surface area contributed by atoms with E-state index in [1.165, 1.54) is 19.2 Å². The summed E-state index contributed by atoms with van der Waals surface area (Å²) in [6.07, 6.45) is 0. The van der Waals surface area contributed by atoms with Crippen molar-refractivity contribution in [3.8, 4) is 5.75 Å². The molecular formula is C19H18N2O3S. The van der Waals surface area contributed by atoms with Gasteiger partial charge in [-0.2, -0.15) is 0 Å². The Morgan fingerprint density at radius 2 is 1.36 bits per heavy atom. The van der Waals surface area contributed by atoms with E-state index in [9.17, 15) is 8.42 Å². The Labute approximate surface area is 147 Å². The highest BCUT2D eigenvalue weighted by Gasteiger charge is 2.16. The zero-order valence-electron chi connectivity index (χ0n) is 13.6. The van der Waals surface area contributed by atoms with Gasteiger partial charge in [-0.05, 0) is 48.5 Å². The molecule has 0 saturated heterocycles. The number of hydrogen-bond donors (Lipinski definition) is 2. The van der Waals surface area contributed by atoms with Crippen molar-refractivity contribution in [2.75, 3.05) is 17.1 Å². The normalized spacial score (nSPS) is 10.9. The molecule has 0 fully saturated rings. The molecule has 6 heteroatoms. The van der Waals surface area contributed by atoms with Gasteiger partial charge in [-0.25, -0.2) is 8.42 Å². The Morgan fingerprint density at radius 1 is 0.760 bits per heavy atom. The summed E-state index contributed by atoms with van der Waals surface area (Å²) in [7, 11) is -2.16. The van der Waals surface area contributed by atoms with E-state index in [4.69, 9.17) is 4.74 Å². The number of methoxy groups -OCH3 is 1. The topological polar surface area (TPSA) is 67.4 Å².